The van der Waals surface area contributed by atoms with E-state index in [9.17, 15) is 14.4 Å². The van der Waals surface area contributed by atoms with E-state index >= 15 is 0 Å². The number of carbonyl (C=O) groups excluding carboxylic acids is 3. The van der Waals surface area contributed by atoms with Gasteiger partial charge in [-0.3, -0.25) is 9.59 Å². The van der Waals surface area contributed by atoms with Gasteiger partial charge in [0.25, 0.3) is 5.91 Å². The van der Waals surface area contributed by atoms with Gasteiger partial charge in [-0.1, -0.05) is 29.8 Å². The number of nitrogens with one attached hydrogen (secondary N) is 1. The summed E-state index contributed by atoms with van der Waals surface area (Å²) in [7, 11) is 0. The highest BCUT2D eigenvalue weighted by Crippen LogP contribution is 2.21. The molecule has 0 atom stereocenters. The van der Waals surface area contributed by atoms with Gasteiger partial charge in [-0.2, -0.15) is 5.10 Å². The third-order valence-corrected chi connectivity index (χ3v) is 4.14. The topological polar surface area (TPSA) is 94.1 Å². The molecule has 31 heavy (non-hydrogen) atoms. The van der Waals surface area contributed by atoms with Crippen LogP contribution in [0, 0.1) is 6.92 Å². The van der Waals surface area contributed by atoms with Crippen molar-refractivity contribution in [1.29, 1.82) is 0 Å². The molecule has 0 spiro atoms. The van der Waals surface area contributed by atoms with Crippen molar-refractivity contribution in [1.82, 2.24) is 5.43 Å². The average molecular weight is 416 g/mol. The summed E-state index contributed by atoms with van der Waals surface area (Å²) >= 11 is 0. The maximum absolute atomic E-state index is 12.4. The van der Waals surface area contributed by atoms with Gasteiger partial charge in [0.15, 0.2) is 0 Å². The van der Waals surface area contributed by atoms with Crippen LogP contribution in [0.5, 0.6) is 11.5 Å². The Bertz CT molecular complexity index is 1120. The van der Waals surface area contributed by atoms with Crippen LogP contribution in [-0.2, 0) is 4.79 Å². The van der Waals surface area contributed by atoms with Gasteiger partial charge < -0.3 is 9.47 Å². The number of nitrogens with zero attached hydrogens (tertiary/aromatic N) is 1. The van der Waals surface area contributed by atoms with E-state index in [4.69, 9.17) is 9.47 Å². The molecule has 0 aliphatic rings. The zero-order valence-electron chi connectivity index (χ0n) is 17.0. The van der Waals surface area contributed by atoms with Crippen LogP contribution in [0.4, 0.5) is 0 Å². The zero-order chi connectivity index (χ0) is 22.2. The van der Waals surface area contributed by atoms with Crippen LogP contribution >= 0.6 is 0 Å². The number of hydrogen-bond donors (Lipinski definition) is 1. The Balaban J connectivity index is 1.59. The van der Waals surface area contributed by atoms with E-state index in [-0.39, 0.29) is 17.2 Å². The highest BCUT2D eigenvalue weighted by Gasteiger charge is 2.15. The molecule has 0 saturated heterocycles. The Morgan fingerprint density at radius 2 is 1.55 bits per heavy atom. The summed E-state index contributed by atoms with van der Waals surface area (Å²) in [5, 5.41) is 3.94. The van der Waals surface area contributed by atoms with Gasteiger partial charge in [0.1, 0.15) is 17.1 Å². The van der Waals surface area contributed by atoms with E-state index in [0.29, 0.717) is 16.9 Å². The molecule has 156 valence electrons. The summed E-state index contributed by atoms with van der Waals surface area (Å²) in [6, 6.07) is 20.0. The molecule has 0 unspecified atom stereocenters. The minimum absolute atomic E-state index is 0.132. The lowest BCUT2D eigenvalue weighted by Crippen LogP contribution is -2.17. The van der Waals surface area contributed by atoms with Crippen molar-refractivity contribution in [2.24, 2.45) is 5.10 Å². The SMILES string of the molecule is CC(=O)Oc1ccccc1C(=O)Oc1ccc(C=NNC(=O)c2ccc(C)cc2)cc1. The van der Waals surface area contributed by atoms with Crippen molar-refractivity contribution < 1.29 is 23.9 Å². The van der Waals surface area contributed by atoms with E-state index in [1.54, 1.807) is 48.5 Å². The van der Waals surface area contributed by atoms with Gasteiger partial charge >= 0.3 is 11.9 Å². The first-order valence-corrected chi connectivity index (χ1v) is 9.42. The molecule has 0 bridgehead atoms. The van der Waals surface area contributed by atoms with Crippen LogP contribution in [0.1, 0.15) is 38.8 Å². The van der Waals surface area contributed by atoms with Crippen molar-refractivity contribution >= 4 is 24.1 Å². The fourth-order valence-corrected chi connectivity index (χ4v) is 2.60. The highest BCUT2D eigenvalue weighted by molar-refractivity contribution is 5.95. The molecule has 0 aromatic heterocycles. The molecule has 0 saturated carbocycles. The Labute approximate surface area is 179 Å². The third-order valence-electron chi connectivity index (χ3n) is 4.14. The molecule has 7 nitrogen and oxygen atoms in total. The Hall–Kier alpha value is -4.26. The Morgan fingerprint density at radius 3 is 2.23 bits per heavy atom. The molecular weight excluding hydrogens is 396 g/mol. The number of carbonyl (C=O) groups is 3. The molecule has 0 radical (unpaired) electrons. The van der Waals surface area contributed by atoms with Crippen LogP contribution in [0.2, 0.25) is 0 Å². The molecule has 0 fully saturated rings. The number of esters is 2. The smallest absolute Gasteiger partial charge is 0.347 e. The van der Waals surface area contributed by atoms with Gasteiger partial charge in [-0.15, -0.1) is 0 Å². The van der Waals surface area contributed by atoms with Crippen LogP contribution in [0.3, 0.4) is 0 Å². The number of amides is 1. The zero-order valence-corrected chi connectivity index (χ0v) is 17.0. The van der Waals surface area contributed by atoms with Gasteiger partial charge in [-0.05, 0) is 61.0 Å². The molecule has 0 aliphatic carbocycles. The summed E-state index contributed by atoms with van der Waals surface area (Å²) in [6.07, 6.45) is 1.48. The summed E-state index contributed by atoms with van der Waals surface area (Å²) in [6.45, 7) is 3.20. The second kappa shape index (κ2) is 9.98. The summed E-state index contributed by atoms with van der Waals surface area (Å²) in [5.74, 6) is -1.05. The third kappa shape index (κ3) is 6.11. The molecular formula is C24H20N2O5. The van der Waals surface area contributed by atoms with Crippen LogP contribution in [0.15, 0.2) is 77.9 Å². The molecule has 7 heteroatoms. The predicted octanol–water partition coefficient (Wildman–Crippen LogP) is 3.90. The number of ether oxygens (including phenoxy) is 2. The fourth-order valence-electron chi connectivity index (χ4n) is 2.60. The quantitative estimate of drug-likeness (QED) is 0.285. The van der Waals surface area contributed by atoms with Crippen molar-refractivity contribution in [2.75, 3.05) is 0 Å². The molecule has 1 amide bonds. The van der Waals surface area contributed by atoms with Crippen molar-refractivity contribution in [3.8, 4) is 11.5 Å². The highest BCUT2D eigenvalue weighted by atomic mass is 16.5. The monoisotopic (exact) mass is 416 g/mol. The van der Waals surface area contributed by atoms with E-state index in [0.717, 1.165) is 5.56 Å². The van der Waals surface area contributed by atoms with E-state index in [1.807, 2.05) is 19.1 Å². The summed E-state index contributed by atoms with van der Waals surface area (Å²) in [4.78, 5) is 35.6. The van der Waals surface area contributed by atoms with Crippen molar-refractivity contribution in [2.45, 2.75) is 13.8 Å². The number of hydrogen-bond acceptors (Lipinski definition) is 6. The largest absolute Gasteiger partial charge is 0.426 e. The maximum atomic E-state index is 12.4. The number of rotatable bonds is 6. The first kappa shape index (κ1) is 21.4. The lowest BCUT2D eigenvalue weighted by molar-refractivity contribution is -0.131. The molecule has 3 rings (SSSR count). The second-order valence-corrected chi connectivity index (χ2v) is 6.61. The van der Waals surface area contributed by atoms with E-state index in [2.05, 4.69) is 10.5 Å². The lowest BCUT2D eigenvalue weighted by Gasteiger charge is -2.08. The van der Waals surface area contributed by atoms with Gasteiger partial charge in [0, 0.05) is 12.5 Å². The minimum Gasteiger partial charge on any atom is -0.426 e. The predicted molar refractivity (Wildman–Crippen MR) is 115 cm³/mol. The fraction of sp³-hybridized carbons (Fsp3) is 0.0833. The van der Waals surface area contributed by atoms with Crippen LogP contribution < -0.4 is 14.9 Å². The normalized spacial score (nSPS) is 10.5. The van der Waals surface area contributed by atoms with Crippen molar-refractivity contribution in [3.05, 3.63) is 95.1 Å². The average Bonchev–Trinajstić information content (AvgIpc) is 2.75. The van der Waals surface area contributed by atoms with Gasteiger partial charge in [0.2, 0.25) is 0 Å². The number of benzene rings is 3. The Kier molecular flexibility index (Phi) is 6.90. The maximum Gasteiger partial charge on any atom is 0.347 e. The first-order valence-electron chi connectivity index (χ1n) is 9.42. The standard InChI is InChI=1S/C24H20N2O5/c1-16-7-11-19(12-8-16)23(28)26-25-15-18-9-13-20(14-10-18)31-24(29)21-5-3-4-6-22(21)30-17(2)27/h3-15H,1-2H3,(H,26,28). The van der Waals surface area contributed by atoms with Gasteiger partial charge in [-0.25, -0.2) is 10.2 Å². The molecule has 3 aromatic rings. The summed E-state index contributed by atoms with van der Waals surface area (Å²) < 4.78 is 10.4. The second-order valence-electron chi connectivity index (χ2n) is 6.61. The van der Waals surface area contributed by atoms with Crippen molar-refractivity contribution in [3.63, 3.8) is 0 Å². The molecule has 0 aliphatic heterocycles. The minimum atomic E-state index is -0.649. The summed E-state index contributed by atoms with van der Waals surface area (Å²) in [5.41, 5.74) is 4.88. The molecule has 1 N–H and O–H groups in total. The van der Waals surface area contributed by atoms with Crippen LogP contribution in [0.25, 0.3) is 0 Å². The molecule has 0 heterocycles. The first-order chi connectivity index (χ1) is 14.9. The number of hydrazone groups is 1. The Morgan fingerprint density at radius 1 is 0.871 bits per heavy atom. The lowest BCUT2D eigenvalue weighted by atomic mass is 10.1. The number of aryl methyl sites for hydroxylation is 1. The van der Waals surface area contributed by atoms with E-state index in [1.165, 1.54) is 25.3 Å². The van der Waals surface area contributed by atoms with Crippen LogP contribution in [-0.4, -0.2) is 24.1 Å². The number of para-hydroxylation sites is 1. The van der Waals surface area contributed by atoms with E-state index < -0.39 is 11.9 Å². The molecule has 3 aromatic carbocycles. The van der Waals surface area contributed by atoms with Gasteiger partial charge in [0.05, 0.1) is 6.21 Å².